The summed E-state index contributed by atoms with van der Waals surface area (Å²) in [6, 6.07) is 5.74. The van der Waals surface area contributed by atoms with Crippen LogP contribution in [0.15, 0.2) is 24.3 Å². The number of benzene rings is 1. The van der Waals surface area contributed by atoms with Crippen LogP contribution in [-0.2, 0) is 0 Å². The van der Waals surface area contributed by atoms with E-state index in [1.807, 2.05) is 0 Å². The van der Waals surface area contributed by atoms with Gasteiger partial charge < -0.3 is 22.1 Å². The average molecular weight is 208 g/mol. The molecule has 0 radical (unpaired) electrons. The maximum atomic E-state index is 10.5. The van der Waals surface area contributed by atoms with Crippen LogP contribution in [0.3, 0.4) is 0 Å². The molecule has 1 aromatic carbocycles. The molecule has 1 aromatic rings. The minimum absolute atomic E-state index is 0. The van der Waals surface area contributed by atoms with Crippen molar-refractivity contribution < 1.29 is 56.4 Å². The van der Waals surface area contributed by atoms with E-state index in [-0.39, 0.29) is 47.5 Å². The SMILES string of the molecule is O.O=C(O)c1ccccc1B(O)O.[H-].[Na+]. The third-order valence-electron chi connectivity index (χ3n) is 1.47. The molecule has 0 aliphatic carbocycles. The summed E-state index contributed by atoms with van der Waals surface area (Å²) in [6.45, 7) is 0. The monoisotopic (exact) mass is 208 g/mol. The number of hydrogen-bond acceptors (Lipinski definition) is 3. The fourth-order valence-corrected chi connectivity index (χ4v) is 0.917. The molecule has 0 aliphatic rings. The molecule has 0 aromatic heterocycles. The van der Waals surface area contributed by atoms with E-state index < -0.39 is 13.1 Å². The van der Waals surface area contributed by atoms with E-state index >= 15 is 0 Å². The summed E-state index contributed by atoms with van der Waals surface area (Å²) < 4.78 is 0. The summed E-state index contributed by atoms with van der Waals surface area (Å²) in [6.07, 6.45) is 0. The zero-order valence-corrected chi connectivity index (χ0v) is 9.64. The van der Waals surface area contributed by atoms with Crippen LogP contribution in [0, 0.1) is 0 Å². The smallest absolute Gasteiger partial charge is 1.00 e. The summed E-state index contributed by atoms with van der Waals surface area (Å²) >= 11 is 0. The van der Waals surface area contributed by atoms with E-state index in [1.165, 1.54) is 18.2 Å². The van der Waals surface area contributed by atoms with Crippen LogP contribution < -0.4 is 35.0 Å². The van der Waals surface area contributed by atoms with Crippen LogP contribution in [0.1, 0.15) is 11.8 Å². The van der Waals surface area contributed by atoms with Crippen molar-refractivity contribution >= 4 is 18.6 Å². The van der Waals surface area contributed by atoms with E-state index in [4.69, 9.17) is 15.2 Å². The van der Waals surface area contributed by atoms with Crippen LogP contribution in [0.2, 0.25) is 0 Å². The van der Waals surface area contributed by atoms with Gasteiger partial charge in [0.05, 0.1) is 5.56 Å². The minimum Gasteiger partial charge on any atom is -1.00 e. The van der Waals surface area contributed by atoms with Gasteiger partial charge in [0.15, 0.2) is 0 Å². The zero-order valence-electron chi connectivity index (χ0n) is 8.64. The van der Waals surface area contributed by atoms with Crippen molar-refractivity contribution in [2.24, 2.45) is 0 Å². The largest absolute Gasteiger partial charge is 1.00 e. The summed E-state index contributed by atoms with van der Waals surface area (Å²) in [4.78, 5) is 10.5. The second kappa shape index (κ2) is 7.00. The Bertz CT molecular complexity index is 309. The third-order valence-corrected chi connectivity index (χ3v) is 1.47. The topological polar surface area (TPSA) is 109 Å². The van der Waals surface area contributed by atoms with Gasteiger partial charge in [-0.05, 0) is 11.5 Å². The number of carbonyl (C=O) groups is 1. The Morgan fingerprint density at radius 3 is 2.14 bits per heavy atom. The van der Waals surface area contributed by atoms with Gasteiger partial charge in [-0.15, -0.1) is 0 Å². The standard InChI is InChI=1S/C7H7BO4.Na.H2O.H/c9-7(10)5-3-1-2-4-6(5)8(11)12;;;/h1-4,11-12H,(H,9,10);;1H2;/q;+1;;-1. The van der Waals surface area contributed by atoms with Gasteiger partial charge in [0, 0.05) is 0 Å². The molecule has 5 nitrogen and oxygen atoms in total. The van der Waals surface area contributed by atoms with E-state index in [0.717, 1.165) is 0 Å². The molecular formula is C7H10BNaO5. The molecule has 7 heteroatoms. The van der Waals surface area contributed by atoms with Crippen LogP contribution in [0.4, 0.5) is 0 Å². The normalized spacial score (nSPS) is 8.14. The first-order chi connectivity index (χ1) is 5.63. The van der Waals surface area contributed by atoms with Gasteiger partial charge in [-0.3, -0.25) is 0 Å². The Morgan fingerprint density at radius 1 is 1.29 bits per heavy atom. The maximum absolute atomic E-state index is 10.5. The Labute approximate surface area is 105 Å². The summed E-state index contributed by atoms with van der Waals surface area (Å²) in [5, 5.41) is 26.1. The van der Waals surface area contributed by atoms with E-state index in [9.17, 15) is 4.79 Å². The zero-order chi connectivity index (χ0) is 9.14. The molecule has 0 atom stereocenters. The van der Waals surface area contributed by atoms with Gasteiger partial charge in [0.25, 0.3) is 0 Å². The summed E-state index contributed by atoms with van der Waals surface area (Å²) in [5.74, 6) is -1.17. The number of carboxylic acid groups (broad SMARTS) is 1. The molecule has 0 heterocycles. The predicted molar refractivity (Wildman–Crippen MR) is 48.0 cm³/mol. The summed E-state index contributed by atoms with van der Waals surface area (Å²) in [5.41, 5.74) is -0.0856. The second-order valence-corrected chi connectivity index (χ2v) is 2.27. The molecule has 0 unspecified atom stereocenters. The number of hydrogen-bond donors (Lipinski definition) is 3. The first kappa shape index (κ1) is 16.1. The van der Waals surface area contributed by atoms with Gasteiger partial charge in [-0.1, -0.05) is 18.2 Å². The van der Waals surface area contributed by atoms with Crippen molar-refractivity contribution in [1.82, 2.24) is 0 Å². The molecular weight excluding hydrogens is 198 g/mol. The molecule has 0 aliphatic heterocycles. The molecule has 0 saturated heterocycles. The molecule has 0 bridgehead atoms. The third kappa shape index (κ3) is 3.79. The van der Waals surface area contributed by atoms with Gasteiger partial charge in [-0.25, -0.2) is 4.79 Å². The Hall–Kier alpha value is -0.365. The van der Waals surface area contributed by atoms with Crippen molar-refractivity contribution in [3.63, 3.8) is 0 Å². The minimum atomic E-state index is -1.74. The van der Waals surface area contributed by atoms with Crippen molar-refractivity contribution in [3.8, 4) is 0 Å². The van der Waals surface area contributed by atoms with E-state index in [2.05, 4.69) is 0 Å². The number of rotatable bonds is 2. The molecule has 0 fully saturated rings. The van der Waals surface area contributed by atoms with Gasteiger partial charge in [-0.2, -0.15) is 0 Å². The molecule has 72 valence electrons. The van der Waals surface area contributed by atoms with Gasteiger partial charge in [0.1, 0.15) is 0 Å². The molecule has 0 saturated carbocycles. The van der Waals surface area contributed by atoms with Crippen molar-refractivity contribution in [1.29, 1.82) is 0 Å². The Kier molecular flexibility index (Phi) is 8.04. The Morgan fingerprint density at radius 2 is 1.79 bits per heavy atom. The number of aromatic carboxylic acids is 1. The predicted octanol–water partition coefficient (Wildman–Crippen LogP) is -4.64. The van der Waals surface area contributed by atoms with Gasteiger partial charge in [0.2, 0.25) is 0 Å². The molecule has 14 heavy (non-hydrogen) atoms. The van der Waals surface area contributed by atoms with Crippen molar-refractivity contribution in [2.45, 2.75) is 0 Å². The van der Waals surface area contributed by atoms with Crippen LogP contribution >= 0.6 is 0 Å². The molecule has 0 spiro atoms. The second-order valence-electron chi connectivity index (χ2n) is 2.27. The van der Waals surface area contributed by atoms with E-state index in [0.29, 0.717) is 0 Å². The van der Waals surface area contributed by atoms with Crippen LogP contribution in [0.5, 0.6) is 0 Å². The first-order valence-electron chi connectivity index (χ1n) is 3.31. The van der Waals surface area contributed by atoms with Crippen LogP contribution in [0.25, 0.3) is 0 Å². The fraction of sp³-hybridized carbons (Fsp3) is 0. The average Bonchev–Trinajstić information content (AvgIpc) is 2.04. The number of carboxylic acids is 1. The molecule has 1 rings (SSSR count). The quantitative estimate of drug-likeness (QED) is 0.424. The molecule has 0 amide bonds. The van der Waals surface area contributed by atoms with E-state index in [1.54, 1.807) is 6.07 Å². The Balaban J connectivity index is -0.000000480. The summed E-state index contributed by atoms with van der Waals surface area (Å²) in [7, 11) is -1.74. The van der Waals surface area contributed by atoms with Crippen LogP contribution in [-0.4, -0.2) is 33.7 Å². The fourth-order valence-electron chi connectivity index (χ4n) is 0.917. The molecule has 5 N–H and O–H groups in total. The maximum Gasteiger partial charge on any atom is 1.00 e. The van der Waals surface area contributed by atoms with Gasteiger partial charge >= 0.3 is 42.6 Å². The first-order valence-corrected chi connectivity index (χ1v) is 3.31. The van der Waals surface area contributed by atoms with Crippen molar-refractivity contribution in [2.75, 3.05) is 0 Å². The van der Waals surface area contributed by atoms with Crippen molar-refractivity contribution in [3.05, 3.63) is 29.8 Å².